The van der Waals surface area contributed by atoms with Crippen LogP contribution in [0.1, 0.15) is 36.0 Å². The number of amides is 1. The Balaban J connectivity index is 1.25. The molecule has 10 heteroatoms. The number of phenolic OH excluding ortho intramolecular Hbond substituents is 1. The van der Waals surface area contributed by atoms with Crippen molar-refractivity contribution in [3.8, 4) is 34.3 Å². The minimum atomic E-state index is -0.443. The second-order valence-electron chi connectivity index (χ2n) is 12.3. The van der Waals surface area contributed by atoms with E-state index in [4.69, 9.17) is 20.4 Å². The van der Waals surface area contributed by atoms with Crippen LogP contribution < -0.4 is 10.5 Å². The monoisotopic (exact) mass is 580 g/mol. The molecule has 1 aliphatic heterocycles. The van der Waals surface area contributed by atoms with Crippen molar-refractivity contribution in [2.45, 2.75) is 44.3 Å². The fraction of sp³-hybridized carbons (Fsp3) is 0.364. The zero-order valence-corrected chi connectivity index (χ0v) is 24.1. The van der Waals surface area contributed by atoms with Crippen LogP contribution in [0.25, 0.3) is 44.8 Å². The van der Waals surface area contributed by atoms with E-state index in [2.05, 4.69) is 10.6 Å². The Morgan fingerprint density at radius 2 is 1.93 bits per heavy atom. The molecule has 220 valence electrons. The number of aryl methyl sites for hydroxylation is 1. The lowest BCUT2D eigenvalue weighted by Gasteiger charge is -2.27. The van der Waals surface area contributed by atoms with E-state index in [1.165, 1.54) is 18.2 Å². The molecule has 4 heterocycles. The first-order valence-corrected chi connectivity index (χ1v) is 14.9. The molecule has 8 rings (SSSR count). The lowest BCUT2D eigenvalue weighted by atomic mass is 10.1. The summed E-state index contributed by atoms with van der Waals surface area (Å²) in [5.41, 5.74) is 10.7. The summed E-state index contributed by atoms with van der Waals surface area (Å²) in [7, 11) is 3.56. The van der Waals surface area contributed by atoms with E-state index in [9.17, 15) is 14.3 Å². The molecular weight excluding hydrogens is 547 g/mol. The summed E-state index contributed by atoms with van der Waals surface area (Å²) in [4.78, 5) is 25.5. The minimum absolute atomic E-state index is 0.0149. The van der Waals surface area contributed by atoms with Gasteiger partial charge in [0.25, 0.3) is 5.91 Å². The summed E-state index contributed by atoms with van der Waals surface area (Å²) in [5, 5.41) is 10.9. The van der Waals surface area contributed by atoms with Crippen LogP contribution in [0.5, 0.6) is 11.5 Å². The second-order valence-corrected chi connectivity index (χ2v) is 12.3. The minimum Gasteiger partial charge on any atom is -0.508 e. The third kappa shape index (κ3) is 4.11. The van der Waals surface area contributed by atoms with E-state index in [0.29, 0.717) is 40.9 Å². The van der Waals surface area contributed by atoms with Crippen molar-refractivity contribution < 1.29 is 19.0 Å². The number of likely N-dealkylation sites (tertiary alicyclic amines) is 1. The molecule has 3 aromatic heterocycles. The summed E-state index contributed by atoms with van der Waals surface area (Å²) in [6.07, 6.45) is 4.31. The molecule has 43 heavy (non-hydrogen) atoms. The van der Waals surface area contributed by atoms with Gasteiger partial charge in [-0.05, 0) is 86.1 Å². The van der Waals surface area contributed by atoms with Gasteiger partial charge < -0.3 is 29.6 Å². The molecule has 1 saturated heterocycles. The lowest BCUT2D eigenvalue weighted by Crippen LogP contribution is -2.41. The summed E-state index contributed by atoms with van der Waals surface area (Å²) in [6.45, 7) is 1.46. The number of fused-ring (bicyclic) bond motifs is 4. The molecular formula is C33H33FN6O3. The largest absolute Gasteiger partial charge is 0.508 e. The van der Waals surface area contributed by atoms with Crippen molar-refractivity contribution in [3.05, 3.63) is 59.9 Å². The molecule has 2 bridgehead atoms. The van der Waals surface area contributed by atoms with E-state index >= 15 is 0 Å². The SMILES string of the molecule is COc1cc(C(=O)N2CC3CCC2[C@@H]3N)cc2nc(-c3cc4ccc(-c5cc(O)ccc5F)nc4n3CC3CC3)n(C)c12. The van der Waals surface area contributed by atoms with Gasteiger partial charge in [-0.1, -0.05) is 0 Å². The fourth-order valence-corrected chi connectivity index (χ4v) is 7.18. The summed E-state index contributed by atoms with van der Waals surface area (Å²) < 4.78 is 24.7. The van der Waals surface area contributed by atoms with Gasteiger partial charge in [0.15, 0.2) is 5.82 Å². The Morgan fingerprint density at radius 3 is 2.65 bits per heavy atom. The number of phenols is 1. The third-order valence-electron chi connectivity index (χ3n) is 9.65. The molecule has 1 amide bonds. The molecule has 0 spiro atoms. The van der Waals surface area contributed by atoms with Crippen molar-refractivity contribution in [2.24, 2.45) is 24.6 Å². The molecule has 2 saturated carbocycles. The predicted octanol–water partition coefficient (Wildman–Crippen LogP) is 5.08. The normalized spacial score (nSPS) is 21.4. The summed E-state index contributed by atoms with van der Waals surface area (Å²) in [6, 6.07) is 13.5. The molecule has 3 aliphatic rings. The quantitative estimate of drug-likeness (QED) is 0.290. The van der Waals surface area contributed by atoms with Gasteiger partial charge in [-0.15, -0.1) is 0 Å². The summed E-state index contributed by atoms with van der Waals surface area (Å²) in [5.74, 6) is 1.72. The number of halogens is 1. The van der Waals surface area contributed by atoms with Crippen LogP contribution in [0.4, 0.5) is 4.39 Å². The highest BCUT2D eigenvalue weighted by Gasteiger charge is 2.47. The van der Waals surface area contributed by atoms with E-state index in [-0.39, 0.29) is 29.3 Å². The number of imidazole rings is 1. The molecule has 2 aromatic carbocycles. The number of carbonyl (C=O) groups excluding carboxylic acids is 1. The van der Waals surface area contributed by atoms with E-state index in [0.717, 1.165) is 60.3 Å². The molecule has 2 unspecified atom stereocenters. The maximum absolute atomic E-state index is 14.7. The highest BCUT2D eigenvalue weighted by Crippen LogP contribution is 2.40. The Kier molecular flexibility index (Phi) is 5.81. The van der Waals surface area contributed by atoms with Gasteiger partial charge in [-0.3, -0.25) is 4.79 Å². The fourth-order valence-electron chi connectivity index (χ4n) is 7.18. The highest BCUT2D eigenvalue weighted by molar-refractivity contribution is 6.00. The van der Waals surface area contributed by atoms with Crippen LogP contribution in [-0.4, -0.2) is 60.8 Å². The van der Waals surface area contributed by atoms with Crippen molar-refractivity contribution in [1.82, 2.24) is 24.0 Å². The van der Waals surface area contributed by atoms with Crippen LogP contribution in [0.15, 0.2) is 48.5 Å². The Morgan fingerprint density at radius 1 is 1.09 bits per heavy atom. The number of piperidine rings is 1. The zero-order valence-electron chi connectivity index (χ0n) is 24.1. The van der Waals surface area contributed by atoms with Gasteiger partial charge in [0.1, 0.15) is 28.5 Å². The Bertz CT molecular complexity index is 1940. The maximum atomic E-state index is 14.7. The van der Waals surface area contributed by atoms with Crippen LogP contribution in [0, 0.1) is 17.7 Å². The third-order valence-corrected chi connectivity index (χ3v) is 9.65. The van der Waals surface area contributed by atoms with Gasteiger partial charge in [-0.25, -0.2) is 14.4 Å². The first-order chi connectivity index (χ1) is 20.8. The van der Waals surface area contributed by atoms with Gasteiger partial charge in [-0.2, -0.15) is 0 Å². The molecule has 9 nitrogen and oxygen atoms in total. The molecule has 0 radical (unpaired) electrons. The number of nitrogens with zero attached hydrogens (tertiary/aromatic N) is 5. The highest BCUT2D eigenvalue weighted by atomic mass is 19.1. The number of benzene rings is 2. The topological polar surface area (TPSA) is 111 Å². The first-order valence-electron chi connectivity index (χ1n) is 14.9. The van der Waals surface area contributed by atoms with E-state index < -0.39 is 5.82 Å². The lowest BCUT2D eigenvalue weighted by molar-refractivity contribution is 0.0700. The number of aromatic nitrogens is 4. The smallest absolute Gasteiger partial charge is 0.254 e. The Labute approximate surface area is 247 Å². The Hall–Kier alpha value is -4.44. The van der Waals surface area contributed by atoms with Crippen molar-refractivity contribution in [2.75, 3.05) is 13.7 Å². The number of nitrogens with two attached hydrogens (primary N) is 1. The number of aromatic hydroxyl groups is 1. The van der Waals surface area contributed by atoms with Crippen molar-refractivity contribution in [1.29, 1.82) is 0 Å². The zero-order chi connectivity index (χ0) is 29.6. The molecule has 3 N–H and O–H groups in total. The van der Waals surface area contributed by atoms with Gasteiger partial charge in [0, 0.05) is 48.7 Å². The standard InChI is InChI=1S/C33H33FN6O3/c1-38-30-25(11-20(13-28(30)43-2)33(42)40-16-19-6-10-26(40)29(19)35)37-32(38)27-12-18-5-9-24(22-14-21(41)7-8-23(22)34)36-31(18)39(27)15-17-3-4-17/h5,7-9,11-14,17,19,26,29,41H,3-4,6,10,15-16,35H2,1-2H3/t19?,26?,29-/m1/s1. The summed E-state index contributed by atoms with van der Waals surface area (Å²) >= 11 is 0. The average Bonchev–Trinajstić information content (AvgIpc) is 3.41. The number of hydrogen-bond acceptors (Lipinski definition) is 6. The molecule has 2 aliphatic carbocycles. The first kappa shape index (κ1) is 26.2. The van der Waals surface area contributed by atoms with E-state index in [1.54, 1.807) is 13.2 Å². The average molecular weight is 581 g/mol. The number of rotatable bonds is 6. The number of pyridine rings is 1. The van der Waals surface area contributed by atoms with Gasteiger partial charge >= 0.3 is 0 Å². The maximum Gasteiger partial charge on any atom is 0.254 e. The van der Waals surface area contributed by atoms with Crippen molar-refractivity contribution >= 4 is 28.0 Å². The van der Waals surface area contributed by atoms with Gasteiger partial charge in [0.2, 0.25) is 0 Å². The molecule has 5 aromatic rings. The van der Waals surface area contributed by atoms with Crippen LogP contribution in [0.3, 0.4) is 0 Å². The number of ether oxygens (including phenoxy) is 1. The number of methoxy groups -OCH3 is 1. The van der Waals surface area contributed by atoms with Crippen molar-refractivity contribution in [3.63, 3.8) is 0 Å². The predicted molar refractivity (Wildman–Crippen MR) is 161 cm³/mol. The second kappa shape index (κ2) is 9.54. The van der Waals surface area contributed by atoms with Crippen LogP contribution >= 0.6 is 0 Å². The molecule has 3 atom stereocenters. The van der Waals surface area contributed by atoms with Gasteiger partial charge in [0.05, 0.1) is 24.0 Å². The van der Waals surface area contributed by atoms with Crippen LogP contribution in [0.2, 0.25) is 0 Å². The van der Waals surface area contributed by atoms with Crippen LogP contribution in [-0.2, 0) is 13.6 Å². The number of carbonyl (C=O) groups is 1. The van der Waals surface area contributed by atoms with E-state index in [1.807, 2.05) is 34.7 Å². The molecule has 3 fully saturated rings. The number of hydrogen-bond donors (Lipinski definition) is 2.